The molecule has 0 aromatic carbocycles. The van der Waals surface area contributed by atoms with Crippen LogP contribution in [0.2, 0.25) is 0 Å². The van der Waals surface area contributed by atoms with Crippen LogP contribution in [0, 0.1) is 13.8 Å². The maximum Gasteiger partial charge on any atom is 0.0678 e. The van der Waals surface area contributed by atoms with Crippen LogP contribution >= 0.6 is 15.9 Å². The Bertz CT molecular complexity index is 431. The molecule has 0 amide bonds. The Hall–Kier alpha value is -0.830. The maximum atomic E-state index is 4.35. The topological polar surface area (TPSA) is 17.3 Å². The van der Waals surface area contributed by atoms with Gasteiger partial charge in [-0.05, 0) is 32.0 Å². The van der Waals surface area contributed by atoms with Crippen LogP contribution in [-0.4, -0.2) is 9.61 Å². The number of hydrogen-bond donors (Lipinski definition) is 0. The van der Waals surface area contributed by atoms with Crippen molar-refractivity contribution in [3.05, 3.63) is 34.1 Å². The first-order chi connectivity index (χ1) is 5.66. The molecule has 0 unspecified atom stereocenters. The summed E-state index contributed by atoms with van der Waals surface area (Å²) in [5, 5.41) is 4.35. The minimum atomic E-state index is 1.05. The summed E-state index contributed by atoms with van der Waals surface area (Å²) in [6.07, 6.45) is 0. The van der Waals surface area contributed by atoms with Crippen molar-refractivity contribution < 1.29 is 0 Å². The van der Waals surface area contributed by atoms with Gasteiger partial charge in [0, 0.05) is 10.2 Å². The number of pyridine rings is 1. The summed E-state index contributed by atoms with van der Waals surface area (Å²) in [4.78, 5) is 0. The molecule has 0 N–H and O–H groups in total. The molecule has 3 heteroatoms. The normalized spacial score (nSPS) is 10.9. The zero-order chi connectivity index (χ0) is 8.72. The molecule has 0 bridgehead atoms. The van der Waals surface area contributed by atoms with E-state index in [1.165, 1.54) is 0 Å². The molecule has 0 aliphatic heterocycles. The van der Waals surface area contributed by atoms with Gasteiger partial charge in [0.1, 0.15) is 0 Å². The van der Waals surface area contributed by atoms with E-state index in [4.69, 9.17) is 0 Å². The summed E-state index contributed by atoms with van der Waals surface area (Å²) in [6, 6.07) is 6.18. The predicted octanol–water partition coefficient (Wildman–Crippen LogP) is 2.71. The third-order valence-corrected chi connectivity index (χ3v) is 2.28. The van der Waals surface area contributed by atoms with E-state index >= 15 is 0 Å². The van der Waals surface area contributed by atoms with Gasteiger partial charge in [0.05, 0.1) is 11.2 Å². The monoisotopic (exact) mass is 224 g/mol. The van der Waals surface area contributed by atoms with Crippen molar-refractivity contribution in [2.45, 2.75) is 13.8 Å². The fourth-order valence-electron chi connectivity index (χ4n) is 1.35. The van der Waals surface area contributed by atoms with Gasteiger partial charge in [0.15, 0.2) is 0 Å². The predicted molar refractivity (Wildman–Crippen MR) is 52.4 cm³/mol. The highest BCUT2D eigenvalue weighted by atomic mass is 79.9. The summed E-state index contributed by atoms with van der Waals surface area (Å²) in [7, 11) is 0. The second-order valence-corrected chi connectivity index (χ2v) is 3.85. The number of aryl methyl sites for hydroxylation is 2. The van der Waals surface area contributed by atoms with Gasteiger partial charge in [-0.1, -0.05) is 15.9 Å². The standard InChI is InChI=1S/C9H9BrN2/c1-6-3-9-5-8(10)4-7(2)12(9)11-6/h3-5H,1-2H3. The van der Waals surface area contributed by atoms with E-state index in [0.717, 1.165) is 21.4 Å². The van der Waals surface area contributed by atoms with Gasteiger partial charge < -0.3 is 0 Å². The molecule has 2 nitrogen and oxygen atoms in total. The molecule has 2 heterocycles. The molecule has 12 heavy (non-hydrogen) atoms. The average molecular weight is 225 g/mol. The van der Waals surface area contributed by atoms with E-state index in [0.29, 0.717) is 0 Å². The quantitative estimate of drug-likeness (QED) is 0.673. The third kappa shape index (κ3) is 1.14. The van der Waals surface area contributed by atoms with Crippen LogP contribution in [0.15, 0.2) is 22.7 Å². The van der Waals surface area contributed by atoms with Crippen LogP contribution in [0.25, 0.3) is 5.52 Å². The Labute approximate surface area is 79.3 Å². The first-order valence-electron chi connectivity index (χ1n) is 3.79. The van der Waals surface area contributed by atoms with E-state index in [-0.39, 0.29) is 0 Å². The molecule has 0 spiro atoms. The Morgan fingerprint density at radius 1 is 1.25 bits per heavy atom. The average Bonchev–Trinajstić information content (AvgIpc) is 2.29. The van der Waals surface area contributed by atoms with Crippen LogP contribution in [0.5, 0.6) is 0 Å². The van der Waals surface area contributed by atoms with Gasteiger partial charge in [0.2, 0.25) is 0 Å². The Morgan fingerprint density at radius 3 is 2.75 bits per heavy atom. The number of nitrogens with zero attached hydrogens (tertiary/aromatic N) is 2. The smallest absolute Gasteiger partial charge is 0.0678 e. The number of fused-ring (bicyclic) bond motifs is 1. The van der Waals surface area contributed by atoms with Crippen molar-refractivity contribution in [3.63, 3.8) is 0 Å². The van der Waals surface area contributed by atoms with E-state index in [9.17, 15) is 0 Å². The van der Waals surface area contributed by atoms with Crippen molar-refractivity contribution in [2.24, 2.45) is 0 Å². The SMILES string of the molecule is Cc1cc2cc(Br)cc(C)n2n1. The molecule has 0 aliphatic rings. The number of rotatable bonds is 0. The lowest BCUT2D eigenvalue weighted by atomic mass is 10.3. The minimum absolute atomic E-state index is 1.05. The van der Waals surface area contributed by atoms with E-state index in [1.807, 2.05) is 18.4 Å². The lowest BCUT2D eigenvalue weighted by Gasteiger charge is -1.98. The fraction of sp³-hybridized carbons (Fsp3) is 0.222. The molecule has 0 atom stereocenters. The van der Waals surface area contributed by atoms with Crippen molar-refractivity contribution in [1.82, 2.24) is 9.61 Å². The molecule has 0 saturated carbocycles. The molecule has 0 aliphatic carbocycles. The summed E-state index contributed by atoms with van der Waals surface area (Å²) in [6.45, 7) is 4.05. The minimum Gasteiger partial charge on any atom is -0.238 e. The lowest BCUT2D eigenvalue weighted by Crippen LogP contribution is -1.92. The van der Waals surface area contributed by atoms with Crippen LogP contribution < -0.4 is 0 Å². The first kappa shape index (κ1) is 7.80. The van der Waals surface area contributed by atoms with Crippen molar-refractivity contribution in [1.29, 1.82) is 0 Å². The Morgan fingerprint density at radius 2 is 2.00 bits per heavy atom. The second-order valence-electron chi connectivity index (χ2n) is 2.94. The molecule has 62 valence electrons. The molecule has 0 saturated heterocycles. The zero-order valence-corrected chi connectivity index (χ0v) is 8.59. The molecular formula is C9H9BrN2. The molecule has 2 aromatic rings. The number of aromatic nitrogens is 2. The second kappa shape index (κ2) is 2.59. The summed E-state index contributed by atoms with van der Waals surface area (Å²) in [5.41, 5.74) is 3.34. The Kier molecular flexibility index (Phi) is 1.68. The largest absolute Gasteiger partial charge is 0.238 e. The van der Waals surface area contributed by atoms with Gasteiger partial charge in [-0.15, -0.1) is 0 Å². The summed E-state index contributed by atoms with van der Waals surface area (Å²) >= 11 is 3.45. The summed E-state index contributed by atoms with van der Waals surface area (Å²) < 4.78 is 3.05. The fourth-order valence-corrected chi connectivity index (χ4v) is 1.91. The van der Waals surface area contributed by atoms with Crippen molar-refractivity contribution >= 4 is 21.4 Å². The van der Waals surface area contributed by atoms with E-state index in [2.05, 4.69) is 39.2 Å². The van der Waals surface area contributed by atoms with Gasteiger partial charge in [0.25, 0.3) is 0 Å². The van der Waals surface area contributed by atoms with Gasteiger partial charge in [-0.2, -0.15) is 5.10 Å². The lowest BCUT2D eigenvalue weighted by molar-refractivity contribution is 0.892. The highest BCUT2D eigenvalue weighted by molar-refractivity contribution is 9.10. The number of halogens is 1. The van der Waals surface area contributed by atoms with Crippen molar-refractivity contribution in [2.75, 3.05) is 0 Å². The van der Waals surface area contributed by atoms with Crippen LogP contribution in [0.3, 0.4) is 0 Å². The number of hydrogen-bond acceptors (Lipinski definition) is 1. The maximum absolute atomic E-state index is 4.35. The van der Waals surface area contributed by atoms with Crippen LogP contribution in [0.1, 0.15) is 11.4 Å². The highest BCUT2D eigenvalue weighted by Gasteiger charge is 2.00. The molecule has 0 radical (unpaired) electrons. The molecule has 2 aromatic heterocycles. The van der Waals surface area contributed by atoms with Gasteiger partial charge in [-0.3, -0.25) is 0 Å². The highest BCUT2D eigenvalue weighted by Crippen LogP contribution is 2.16. The van der Waals surface area contributed by atoms with Crippen LogP contribution in [-0.2, 0) is 0 Å². The van der Waals surface area contributed by atoms with Gasteiger partial charge >= 0.3 is 0 Å². The van der Waals surface area contributed by atoms with E-state index < -0.39 is 0 Å². The molecular weight excluding hydrogens is 216 g/mol. The van der Waals surface area contributed by atoms with Crippen LogP contribution in [0.4, 0.5) is 0 Å². The molecule has 0 fully saturated rings. The first-order valence-corrected chi connectivity index (χ1v) is 4.58. The Balaban J connectivity index is 2.88. The third-order valence-electron chi connectivity index (χ3n) is 1.83. The van der Waals surface area contributed by atoms with Crippen molar-refractivity contribution in [3.8, 4) is 0 Å². The molecule has 2 rings (SSSR count). The summed E-state index contributed by atoms with van der Waals surface area (Å²) in [5.74, 6) is 0. The zero-order valence-electron chi connectivity index (χ0n) is 7.00. The van der Waals surface area contributed by atoms with E-state index in [1.54, 1.807) is 0 Å². The van der Waals surface area contributed by atoms with Gasteiger partial charge in [-0.25, -0.2) is 4.52 Å².